The lowest BCUT2D eigenvalue weighted by Crippen LogP contribution is -2.31. The zero-order chi connectivity index (χ0) is 15.5. The van der Waals surface area contributed by atoms with Crippen LogP contribution in [0.25, 0.3) is 0 Å². The summed E-state index contributed by atoms with van der Waals surface area (Å²) in [6.45, 7) is 0.491. The summed E-state index contributed by atoms with van der Waals surface area (Å²) < 4.78 is 7.40. The summed E-state index contributed by atoms with van der Waals surface area (Å²) in [7, 11) is 0. The van der Waals surface area contributed by atoms with Gasteiger partial charge in [-0.25, -0.2) is 4.68 Å². The molecule has 2 heterocycles. The van der Waals surface area contributed by atoms with Crippen LogP contribution in [0.1, 0.15) is 28.2 Å². The normalized spacial score (nSPS) is 24.7. The minimum absolute atomic E-state index is 0.0151. The molecule has 118 valence electrons. The lowest BCUT2D eigenvalue weighted by Gasteiger charge is -2.16. The van der Waals surface area contributed by atoms with Gasteiger partial charge < -0.3 is 16.2 Å². The monoisotopic (exact) mass is 321 g/mol. The first-order chi connectivity index (χ1) is 10.6. The predicted octanol–water partition coefficient (Wildman–Crippen LogP) is 0.556. The van der Waals surface area contributed by atoms with Crippen molar-refractivity contribution in [3.05, 3.63) is 34.3 Å². The van der Waals surface area contributed by atoms with Crippen LogP contribution in [0.15, 0.2) is 23.7 Å². The number of ketones is 1. The molecule has 2 aromatic heterocycles. The third kappa shape index (κ3) is 3.41. The molecule has 3 atom stereocenters. The average molecular weight is 321 g/mol. The van der Waals surface area contributed by atoms with E-state index in [0.29, 0.717) is 11.5 Å². The van der Waals surface area contributed by atoms with Crippen molar-refractivity contribution >= 4 is 17.1 Å². The number of carbonyl (C=O) groups is 1. The summed E-state index contributed by atoms with van der Waals surface area (Å²) in [6, 6.07) is 3.73. The number of thiophene rings is 1. The van der Waals surface area contributed by atoms with E-state index in [-0.39, 0.29) is 30.5 Å². The van der Waals surface area contributed by atoms with Crippen LogP contribution in [0, 0.1) is 0 Å². The highest BCUT2D eigenvalue weighted by Gasteiger charge is 2.30. The summed E-state index contributed by atoms with van der Waals surface area (Å²) in [4.78, 5) is 12.8. The fourth-order valence-corrected chi connectivity index (χ4v) is 3.29. The Morgan fingerprint density at radius 1 is 1.45 bits per heavy atom. The molecule has 1 aliphatic rings. The fourth-order valence-electron chi connectivity index (χ4n) is 2.63. The Bertz CT molecular complexity index is 627. The summed E-state index contributed by atoms with van der Waals surface area (Å²) >= 11 is 1.42. The molecule has 0 aliphatic heterocycles. The molecular weight excluding hydrogens is 302 g/mol. The summed E-state index contributed by atoms with van der Waals surface area (Å²) in [5, 5.41) is 9.70. The topological polar surface area (TPSA) is 109 Å². The van der Waals surface area contributed by atoms with Gasteiger partial charge in [-0.2, -0.15) is 0 Å². The lowest BCUT2D eigenvalue weighted by atomic mass is 10.2. The smallest absolute Gasteiger partial charge is 0.194 e. The molecule has 0 aromatic carbocycles. The first-order valence-corrected chi connectivity index (χ1v) is 8.08. The van der Waals surface area contributed by atoms with Crippen LogP contribution in [0.5, 0.6) is 0 Å². The van der Waals surface area contributed by atoms with E-state index in [1.54, 1.807) is 16.9 Å². The van der Waals surface area contributed by atoms with Gasteiger partial charge in [0.2, 0.25) is 0 Å². The third-order valence-electron chi connectivity index (χ3n) is 3.82. The highest BCUT2D eigenvalue weighted by Crippen LogP contribution is 2.21. The Morgan fingerprint density at radius 2 is 2.32 bits per heavy atom. The number of ether oxygens (including phenoxy) is 1. The van der Waals surface area contributed by atoms with E-state index in [2.05, 4.69) is 10.3 Å². The van der Waals surface area contributed by atoms with Gasteiger partial charge in [-0.1, -0.05) is 11.3 Å². The largest absolute Gasteiger partial charge is 0.370 e. The van der Waals surface area contributed by atoms with Crippen molar-refractivity contribution in [2.24, 2.45) is 11.5 Å². The molecule has 7 nitrogen and oxygen atoms in total. The summed E-state index contributed by atoms with van der Waals surface area (Å²) in [6.07, 6.45) is 3.10. The van der Waals surface area contributed by atoms with E-state index in [0.717, 1.165) is 18.5 Å². The highest BCUT2D eigenvalue weighted by molar-refractivity contribution is 7.12. The predicted molar refractivity (Wildman–Crippen MR) is 82.4 cm³/mol. The molecule has 4 N–H and O–H groups in total. The molecule has 8 heteroatoms. The van der Waals surface area contributed by atoms with Crippen molar-refractivity contribution in [3.8, 4) is 0 Å². The Hall–Kier alpha value is -1.61. The van der Waals surface area contributed by atoms with Gasteiger partial charge in [-0.05, 0) is 24.3 Å². The first kappa shape index (κ1) is 15.3. The van der Waals surface area contributed by atoms with Crippen molar-refractivity contribution < 1.29 is 9.53 Å². The molecule has 2 aromatic rings. The highest BCUT2D eigenvalue weighted by atomic mass is 32.1. The van der Waals surface area contributed by atoms with Gasteiger partial charge in [-0.3, -0.25) is 4.79 Å². The Balaban J connectivity index is 1.59. The Labute approximate surface area is 132 Å². The maximum Gasteiger partial charge on any atom is 0.194 e. The second-order valence-corrected chi connectivity index (χ2v) is 6.48. The lowest BCUT2D eigenvalue weighted by molar-refractivity contribution is 0.0312. The fraction of sp³-hybridized carbons (Fsp3) is 0.500. The van der Waals surface area contributed by atoms with Crippen molar-refractivity contribution in [2.75, 3.05) is 0 Å². The second-order valence-electron chi connectivity index (χ2n) is 5.53. The van der Waals surface area contributed by atoms with Gasteiger partial charge in [0.05, 0.1) is 29.5 Å². The zero-order valence-electron chi connectivity index (χ0n) is 12.1. The molecule has 3 rings (SSSR count). The Kier molecular flexibility index (Phi) is 4.63. The van der Waals surface area contributed by atoms with E-state index in [9.17, 15) is 4.79 Å². The number of Topliss-reactive ketones (excluding diaryl/α,β-unsaturated/α-hetero) is 1. The van der Waals surface area contributed by atoms with Crippen molar-refractivity contribution in [1.82, 2.24) is 15.0 Å². The molecule has 0 unspecified atom stereocenters. The molecular formula is C14H19N5O2S. The third-order valence-corrected chi connectivity index (χ3v) is 4.73. The Morgan fingerprint density at radius 3 is 3.00 bits per heavy atom. The first-order valence-electron chi connectivity index (χ1n) is 7.20. The van der Waals surface area contributed by atoms with Crippen LogP contribution in [0.3, 0.4) is 0 Å². The van der Waals surface area contributed by atoms with Gasteiger partial charge in [0, 0.05) is 12.1 Å². The zero-order valence-corrected chi connectivity index (χ0v) is 12.9. The van der Waals surface area contributed by atoms with Gasteiger partial charge in [-0.15, -0.1) is 16.4 Å². The number of hydrogen-bond acceptors (Lipinski definition) is 7. The molecule has 1 aliphatic carbocycles. The maximum absolute atomic E-state index is 12.1. The molecule has 1 saturated carbocycles. The number of hydrogen-bond donors (Lipinski definition) is 2. The van der Waals surface area contributed by atoms with Crippen LogP contribution >= 0.6 is 11.3 Å². The van der Waals surface area contributed by atoms with Crippen molar-refractivity contribution in [3.63, 3.8) is 0 Å². The van der Waals surface area contributed by atoms with E-state index in [1.165, 1.54) is 11.3 Å². The molecule has 0 bridgehead atoms. The van der Waals surface area contributed by atoms with E-state index < -0.39 is 0 Å². The van der Waals surface area contributed by atoms with Crippen molar-refractivity contribution in [2.45, 2.75) is 44.2 Å². The van der Waals surface area contributed by atoms with Crippen molar-refractivity contribution in [1.29, 1.82) is 0 Å². The molecule has 0 radical (unpaired) electrons. The number of carbonyl (C=O) groups excluding carboxylic acids is 1. The summed E-state index contributed by atoms with van der Waals surface area (Å²) in [5.74, 6) is 0.0151. The van der Waals surface area contributed by atoms with Gasteiger partial charge in [0.25, 0.3) is 0 Å². The minimum Gasteiger partial charge on any atom is -0.370 e. The second kappa shape index (κ2) is 6.66. The summed E-state index contributed by atoms with van der Waals surface area (Å²) in [5.41, 5.74) is 12.6. The number of aromatic nitrogens is 3. The van der Waals surface area contributed by atoms with Gasteiger partial charge in [0.1, 0.15) is 6.54 Å². The van der Waals surface area contributed by atoms with Crippen LogP contribution in [-0.4, -0.2) is 39.0 Å². The number of rotatable bonds is 6. The van der Waals surface area contributed by atoms with E-state index in [1.807, 2.05) is 11.4 Å². The maximum atomic E-state index is 12.1. The van der Waals surface area contributed by atoms with E-state index in [4.69, 9.17) is 16.2 Å². The molecule has 0 amide bonds. The van der Waals surface area contributed by atoms with E-state index >= 15 is 0 Å². The van der Waals surface area contributed by atoms with Crippen LogP contribution in [0.2, 0.25) is 0 Å². The number of nitrogens with two attached hydrogens (primary N) is 2. The van der Waals surface area contributed by atoms with Crippen LogP contribution in [-0.2, 0) is 17.9 Å². The minimum atomic E-state index is -0.0497. The standard InChI is InChI=1S/C14H19N5O2S/c15-9-4-11(16)13(5-9)21-8-10-6-17-18-19(10)7-12(20)14-2-1-3-22-14/h1-3,6,9,11,13H,4-5,7-8,15-16H2/t9-,11+,13+/m0/s1. The average Bonchev–Trinajstić information content (AvgIpc) is 3.19. The van der Waals surface area contributed by atoms with Crippen LogP contribution in [0.4, 0.5) is 0 Å². The molecule has 0 saturated heterocycles. The molecule has 1 fully saturated rings. The molecule has 22 heavy (non-hydrogen) atoms. The quantitative estimate of drug-likeness (QED) is 0.752. The van der Waals surface area contributed by atoms with Crippen LogP contribution < -0.4 is 11.5 Å². The van der Waals surface area contributed by atoms with Gasteiger partial charge >= 0.3 is 0 Å². The number of nitrogens with zero attached hydrogens (tertiary/aromatic N) is 3. The molecule has 0 spiro atoms. The van der Waals surface area contributed by atoms with Gasteiger partial charge in [0.15, 0.2) is 5.78 Å². The SMILES string of the molecule is N[C@H]1C[C@@H](N)[C@H](OCc2cnnn2CC(=O)c2cccs2)C1.